The van der Waals surface area contributed by atoms with E-state index >= 15 is 0 Å². The summed E-state index contributed by atoms with van der Waals surface area (Å²) in [6.45, 7) is 4.09. The molecule has 2 aliphatic heterocycles. The molecule has 6 heteroatoms. The van der Waals surface area contributed by atoms with Crippen molar-refractivity contribution in [2.75, 3.05) is 18.4 Å². The molecule has 2 heterocycles. The van der Waals surface area contributed by atoms with Crippen molar-refractivity contribution in [1.29, 1.82) is 0 Å². The molecule has 2 aliphatic rings. The molecular weight excluding hydrogens is 322 g/mol. The second kappa shape index (κ2) is 5.33. The van der Waals surface area contributed by atoms with Crippen LogP contribution in [-0.2, 0) is 0 Å². The van der Waals surface area contributed by atoms with Gasteiger partial charge in [0.2, 0.25) is 0 Å². The van der Waals surface area contributed by atoms with Gasteiger partial charge in [-0.15, -0.1) is 0 Å². The van der Waals surface area contributed by atoms with Crippen molar-refractivity contribution in [3.8, 4) is 0 Å². The summed E-state index contributed by atoms with van der Waals surface area (Å²) in [5.74, 6) is 0. The first-order valence-electron chi connectivity index (χ1n) is 7.01. The van der Waals surface area contributed by atoms with Gasteiger partial charge >= 0.3 is 0 Å². The van der Waals surface area contributed by atoms with Crippen LogP contribution in [0, 0.1) is 17.0 Å². The van der Waals surface area contributed by atoms with Crippen LogP contribution in [0.2, 0.25) is 0 Å². The van der Waals surface area contributed by atoms with Gasteiger partial charge in [-0.3, -0.25) is 15.0 Å². The maximum absolute atomic E-state index is 11.1. The van der Waals surface area contributed by atoms with Crippen LogP contribution in [0.15, 0.2) is 16.6 Å². The average molecular weight is 340 g/mol. The Hall–Kier alpha value is -1.14. The molecule has 1 N–H and O–H groups in total. The van der Waals surface area contributed by atoms with Gasteiger partial charge in [0.15, 0.2) is 0 Å². The van der Waals surface area contributed by atoms with Gasteiger partial charge in [-0.05, 0) is 54.7 Å². The Morgan fingerprint density at radius 1 is 1.40 bits per heavy atom. The largest absolute Gasteiger partial charge is 0.380 e. The van der Waals surface area contributed by atoms with Crippen LogP contribution in [0.3, 0.4) is 0 Å². The highest BCUT2D eigenvalue weighted by molar-refractivity contribution is 9.10. The Labute approximate surface area is 126 Å². The number of benzene rings is 1. The van der Waals surface area contributed by atoms with E-state index in [1.54, 1.807) is 13.0 Å². The Morgan fingerprint density at radius 2 is 2.20 bits per heavy atom. The highest BCUT2D eigenvalue weighted by Gasteiger charge is 2.37. The van der Waals surface area contributed by atoms with E-state index in [4.69, 9.17) is 0 Å². The SMILES string of the molecule is Cc1cc(Br)c(NC2CCN3CCCC23)cc1[N+](=O)[O-]. The molecule has 2 saturated heterocycles. The minimum absolute atomic E-state index is 0.178. The number of anilines is 1. The van der Waals surface area contributed by atoms with Crippen molar-refractivity contribution in [2.45, 2.75) is 38.3 Å². The molecule has 5 nitrogen and oxygen atoms in total. The number of rotatable bonds is 3. The third-order valence-corrected chi connectivity index (χ3v) is 5.09. The maximum Gasteiger partial charge on any atom is 0.274 e. The van der Waals surface area contributed by atoms with Crippen molar-refractivity contribution in [1.82, 2.24) is 4.90 Å². The number of nitro groups is 1. The number of fused-ring (bicyclic) bond motifs is 1. The Kier molecular flexibility index (Phi) is 3.69. The summed E-state index contributed by atoms with van der Waals surface area (Å²) in [5.41, 5.74) is 1.69. The molecule has 0 aliphatic carbocycles. The predicted octanol–water partition coefficient (Wildman–Crippen LogP) is 3.31. The molecule has 3 rings (SSSR count). The van der Waals surface area contributed by atoms with Crippen LogP contribution in [-0.4, -0.2) is 35.0 Å². The van der Waals surface area contributed by atoms with Gasteiger partial charge in [0, 0.05) is 34.7 Å². The molecule has 0 radical (unpaired) electrons. The van der Waals surface area contributed by atoms with Crippen molar-refractivity contribution < 1.29 is 4.92 Å². The quantitative estimate of drug-likeness (QED) is 0.677. The van der Waals surface area contributed by atoms with Crippen LogP contribution >= 0.6 is 15.9 Å². The lowest BCUT2D eigenvalue weighted by Gasteiger charge is -2.23. The van der Waals surface area contributed by atoms with Crippen LogP contribution < -0.4 is 5.32 Å². The Morgan fingerprint density at radius 3 is 2.95 bits per heavy atom. The van der Waals surface area contributed by atoms with Crippen molar-refractivity contribution in [3.05, 3.63) is 32.3 Å². The lowest BCUT2D eigenvalue weighted by atomic mass is 10.1. The summed E-state index contributed by atoms with van der Waals surface area (Å²) in [6.07, 6.45) is 3.60. The van der Waals surface area contributed by atoms with E-state index in [-0.39, 0.29) is 10.6 Å². The summed E-state index contributed by atoms with van der Waals surface area (Å²) in [5, 5.41) is 14.6. The first-order chi connectivity index (χ1) is 9.56. The topological polar surface area (TPSA) is 58.4 Å². The average Bonchev–Trinajstić information content (AvgIpc) is 2.96. The standard InChI is InChI=1S/C14H18BrN3O2/c1-9-7-10(15)12(8-14(9)18(19)20)16-11-4-6-17-5-2-3-13(11)17/h7-8,11,13,16H,2-6H2,1H3. The second-order valence-corrected chi connectivity index (χ2v) is 6.52. The van der Waals surface area contributed by atoms with Gasteiger partial charge in [-0.25, -0.2) is 0 Å². The normalized spacial score (nSPS) is 25.7. The number of aryl methyl sites for hydroxylation is 1. The number of nitrogens with zero attached hydrogens (tertiary/aromatic N) is 2. The summed E-state index contributed by atoms with van der Waals surface area (Å²) >= 11 is 3.51. The molecule has 0 saturated carbocycles. The zero-order valence-electron chi connectivity index (χ0n) is 11.4. The van der Waals surface area contributed by atoms with Gasteiger partial charge in [0.1, 0.15) is 0 Å². The monoisotopic (exact) mass is 339 g/mol. The number of hydrogen-bond acceptors (Lipinski definition) is 4. The molecule has 108 valence electrons. The van der Waals surface area contributed by atoms with Crippen LogP contribution in [0.1, 0.15) is 24.8 Å². The van der Waals surface area contributed by atoms with E-state index in [9.17, 15) is 10.1 Å². The second-order valence-electron chi connectivity index (χ2n) is 5.66. The highest BCUT2D eigenvalue weighted by Crippen LogP contribution is 2.35. The van der Waals surface area contributed by atoms with Crippen LogP contribution in [0.25, 0.3) is 0 Å². The first kappa shape index (κ1) is 13.8. The van der Waals surface area contributed by atoms with E-state index in [2.05, 4.69) is 26.1 Å². The van der Waals surface area contributed by atoms with Crippen molar-refractivity contribution >= 4 is 27.3 Å². The fourth-order valence-corrected chi connectivity index (χ4v) is 3.99. The summed E-state index contributed by atoms with van der Waals surface area (Å²) in [4.78, 5) is 13.3. The number of hydrogen-bond donors (Lipinski definition) is 1. The third-order valence-electron chi connectivity index (χ3n) is 4.43. The molecule has 2 unspecified atom stereocenters. The lowest BCUT2D eigenvalue weighted by molar-refractivity contribution is -0.385. The number of halogens is 1. The molecule has 2 atom stereocenters. The van der Waals surface area contributed by atoms with E-state index in [1.165, 1.54) is 19.4 Å². The lowest BCUT2D eigenvalue weighted by Crippen LogP contribution is -2.33. The van der Waals surface area contributed by atoms with Crippen molar-refractivity contribution in [3.63, 3.8) is 0 Å². The third kappa shape index (κ3) is 2.42. The zero-order valence-corrected chi connectivity index (χ0v) is 13.0. The molecule has 1 aromatic rings. The van der Waals surface area contributed by atoms with Gasteiger partial charge in [0.05, 0.1) is 10.6 Å². The Balaban J connectivity index is 1.83. The van der Waals surface area contributed by atoms with E-state index in [0.717, 1.165) is 23.1 Å². The number of nitro benzene ring substituents is 1. The van der Waals surface area contributed by atoms with Crippen LogP contribution in [0.4, 0.5) is 11.4 Å². The molecule has 0 bridgehead atoms. The van der Waals surface area contributed by atoms with E-state index in [1.807, 2.05) is 6.07 Å². The van der Waals surface area contributed by atoms with Crippen molar-refractivity contribution in [2.24, 2.45) is 0 Å². The van der Waals surface area contributed by atoms with Gasteiger partial charge in [-0.1, -0.05) is 0 Å². The fourth-order valence-electron chi connectivity index (χ4n) is 3.42. The fraction of sp³-hybridized carbons (Fsp3) is 0.571. The maximum atomic E-state index is 11.1. The van der Waals surface area contributed by atoms with Gasteiger partial charge in [-0.2, -0.15) is 0 Å². The zero-order chi connectivity index (χ0) is 14.3. The molecular formula is C14H18BrN3O2. The van der Waals surface area contributed by atoms with E-state index in [0.29, 0.717) is 17.6 Å². The summed E-state index contributed by atoms with van der Waals surface area (Å²) in [7, 11) is 0. The van der Waals surface area contributed by atoms with Gasteiger partial charge < -0.3 is 5.32 Å². The first-order valence-corrected chi connectivity index (χ1v) is 7.80. The summed E-state index contributed by atoms with van der Waals surface area (Å²) in [6, 6.07) is 4.46. The molecule has 0 amide bonds. The molecule has 1 aromatic carbocycles. The minimum atomic E-state index is -0.316. The molecule has 20 heavy (non-hydrogen) atoms. The van der Waals surface area contributed by atoms with Crippen LogP contribution in [0.5, 0.6) is 0 Å². The molecule has 2 fully saturated rings. The summed E-state index contributed by atoms with van der Waals surface area (Å²) < 4.78 is 0.900. The predicted molar refractivity (Wildman–Crippen MR) is 82.2 cm³/mol. The Bertz CT molecular complexity index is 549. The van der Waals surface area contributed by atoms with E-state index < -0.39 is 0 Å². The number of nitrogens with one attached hydrogen (secondary N) is 1. The highest BCUT2D eigenvalue weighted by atomic mass is 79.9. The minimum Gasteiger partial charge on any atom is -0.380 e. The molecule has 0 spiro atoms. The van der Waals surface area contributed by atoms with Gasteiger partial charge in [0.25, 0.3) is 5.69 Å². The molecule has 0 aromatic heterocycles. The smallest absolute Gasteiger partial charge is 0.274 e.